The van der Waals surface area contributed by atoms with Crippen LogP contribution in [0.25, 0.3) is 0 Å². The van der Waals surface area contributed by atoms with Gasteiger partial charge in [-0.15, -0.1) is 11.8 Å². The molecule has 2 aromatic carbocycles. The number of aromatic hydroxyl groups is 1. The van der Waals surface area contributed by atoms with Crippen LogP contribution in [0, 0.1) is 12.7 Å². The molecule has 0 aliphatic carbocycles. The van der Waals surface area contributed by atoms with E-state index < -0.39 is 0 Å². The van der Waals surface area contributed by atoms with Gasteiger partial charge >= 0.3 is 0 Å². The summed E-state index contributed by atoms with van der Waals surface area (Å²) in [6.07, 6.45) is 0.736. The Morgan fingerprint density at radius 2 is 2.14 bits per heavy atom. The Labute approximate surface area is 132 Å². The fourth-order valence-corrected chi connectivity index (χ4v) is 3.69. The van der Waals surface area contributed by atoms with Crippen molar-refractivity contribution in [2.24, 2.45) is 0 Å². The van der Waals surface area contributed by atoms with E-state index in [1.165, 1.54) is 12.1 Å². The number of nitrogens with one attached hydrogen (secondary N) is 1. The molecule has 114 valence electrons. The van der Waals surface area contributed by atoms with Gasteiger partial charge in [0.25, 0.3) is 5.91 Å². The Balaban J connectivity index is 1.85. The van der Waals surface area contributed by atoms with E-state index in [0.29, 0.717) is 0 Å². The molecular weight excluding hydrogens is 301 g/mol. The topological polar surface area (TPSA) is 49.3 Å². The molecule has 1 heterocycles. The normalized spacial score (nSPS) is 16.9. The lowest BCUT2D eigenvalue weighted by atomic mass is 10.0. The van der Waals surface area contributed by atoms with Gasteiger partial charge in [0, 0.05) is 10.6 Å². The molecule has 1 amide bonds. The zero-order valence-electron chi connectivity index (χ0n) is 12.1. The summed E-state index contributed by atoms with van der Waals surface area (Å²) in [7, 11) is 0. The molecule has 22 heavy (non-hydrogen) atoms. The van der Waals surface area contributed by atoms with E-state index in [9.17, 15) is 14.3 Å². The highest BCUT2D eigenvalue weighted by Gasteiger charge is 2.24. The first-order valence-electron chi connectivity index (χ1n) is 7.07. The third-order valence-corrected chi connectivity index (χ3v) is 4.84. The Bertz CT molecular complexity index is 733. The number of halogens is 1. The van der Waals surface area contributed by atoms with Gasteiger partial charge in [0.1, 0.15) is 11.6 Å². The van der Waals surface area contributed by atoms with E-state index >= 15 is 0 Å². The number of rotatable bonds is 2. The number of phenols is 1. The molecule has 0 fully saturated rings. The first-order valence-corrected chi connectivity index (χ1v) is 8.06. The maximum Gasteiger partial charge on any atom is 0.255 e. The van der Waals surface area contributed by atoms with Gasteiger partial charge in [-0.25, -0.2) is 4.39 Å². The molecule has 1 aliphatic heterocycles. The van der Waals surface area contributed by atoms with E-state index in [1.807, 2.05) is 6.92 Å². The molecule has 1 unspecified atom stereocenters. The van der Waals surface area contributed by atoms with Crippen molar-refractivity contribution in [2.45, 2.75) is 24.3 Å². The van der Waals surface area contributed by atoms with Crippen molar-refractivity contribution >= 4 is 17.7 Å². The van der Waals surface area contributed by atoms with Crippen LogP contribution in [0.2, 0.25) is 0 Å². The third kappa shape index (κ3) is 2.95. The maximum absolute atomic E-state index is 13.5. The summed E-state index contributed by atoms with van der Waals surface area (Å²) in [5.41, 5.74) is 1.92. The molecule has 0 saturated carbocycles. The van der Waals surface area contributed by atoms with Gasteiger partial charge in [-0.05, 0) is 54.8 Å². The SMILES string of the molecule is Cc1ccc(C(=O)NC2CCSc3ccc(F)cc32)c(O)c1. The van der Waals surface area contributed by atoms with Crippen LogP contribution in [0.3, 0.4) is 0 Å². The zero-order chi connectivity index (χ0) is 15.7. The van der Waals surface area contributed by atoms with Gasteiger partial charge in [-0.2, -0.15) is 0 Å². The van der Waals surface area contributed by atoms with E-state index in [2.05, 4.69) is 5.32 Å². The van der Waals surface area contributed by atoms with Crippen LogP contribution in [0.4, 0.5) is 4.39 Å². The average Bonchev–Trinajstić information content (AvgIpc) is 2.47. The van der Waals surface area contributed by atoms with Gasteiger partial charge in [0.05, 0.1) is 11.6 Å². The number of phenolic OH excluding ortho intramolecular Hbond substituents is 1. The Hall–Kier alpha value is -2.01. The van der Waals surface area contributed by atoms with Crippen LogP contribution >= 0.6 is 11.8 Å². The fourth-order valence-electron chi connectivity index (χ4n) is 2.58. The molecule has 3 rings (SSSR count). The summed E-state index contributed by atoms with van der Waals surface area (Å²) in [5, 5.41) is 12.8. The van der Waals surface area contributed by atoms with Crippen molar-refractivity contribution in [3.05, 3.63) is 58.9 Å². The molecule has 2 N–H and O–H groups in total. The quantitative estimate of drug-likeness (QED) is 0.885. The van der Waals surface area contributed by atoms with E-state index in [0.717, 1.165) is 28.2 Å². The van der Waals surface area contributed by atoms with Crippen LogP contribution in [0.5, 0.6) is 5.75 Å². The number of aryl methyl sites for hydroxylation is 1. The number of thioether (sulfide) groups is 1. The summed E-state index contributed by atoms with van der Waals surface area (Å²) >= 11 is 1.66. The van der Waals surface area contributed by atoms with Crippen molar-refractivity contribution in [3.63, 3.8) is 0 Å². The lowest BCUT2D eigenvalue weighted by Gasteiger charge is -2.26. The van der Waals surface area contributed by atoms with Gasteiger partial charge in [-0.3, -0.25) is 4.79 Å². The summed E-state index contributed by atoms with van der Waals surface area (Å²) in [6.45, 7) is 1.85. The Kier molecular flexibility index (Phi) is 4.07. The summed E-state index contributed by atoms with van der Waals surface area (Å²) in [4.78, 5) is 13.4. The van der Waals surface area contributed by atoms with Gasteiger partial charge < -0.3 is 10.4 Å². The minimum absolute atomic E-state index is 0.0397. The lowest BCUT2D eigenvalue weighted by molar-refractivity contribution is 0.0932. The molecule has 0 bridgehead atoms. The number of fused-ring (bicyclic) bond motifs is 1. The van der Waals surface area contributed by atoms with Crippen LogP contribution in [0.1, 0.15) is 33.9 Å². The number of amides is 1. The predicted octanol–water partition coefficient (Wildman–Crippen LogP) is 3.81. The first kappa shape index (κ1) is 14.9. The van der Waals surface area contributed by atoms with Gasteiger partial charge in [0.15, 0.2) is 0 Å². The van der Waals surface area contributed by atoms with Crippen LogP contribution in [-0.4, -0.2) is 16.8 Å². The summed E-state index contributed by atoms with van der Waals surface area (Å²) in [6, 6.07) is 9.35. The number of hydrogen-bond donors (Lipinski definition) is 2. The molecule has 1 atom stereocenters. The maximum atomic E-state index is 13.5. The average molecular weight is 317 g/mol. The summed E-state index contributed by atoms with van der Waals surface area (Å²) in [5.74, 6) is 0.175. The third-order valence-electron chi connectivity index (χ3n) is 3.71. The molecule has 2 aromatic rings. The molecule has 3 nitrogen and oxygen atoms in total. The smallest absolute Gasteiger partial charge is 0.255 e. The van der Waals surface area contributed by atoms with Crippen LogP contribution in [0.15, 0.2) is 41.3 Å². The molecule has 0 saturated heterocycles. The van der Waals surface area contributed by atoms with Crippen molar-refractivity contribution in [2.75, 3.05) is 5.75 Å². The highest BCUT2D eigenvalue weighted by molar-refractivity contribution is 7.99. The number of hydrogen-bond acceptors (Lipinski definition) is 3. The Morgan fingerprint density at radius 3 is 2.91 bits per heavy atom. The monoisotopic (exact) mass is 317 g/mol. The van der Waals surface area contributed by atoms with Crippen LogP contribution in [-0.2, 0) is 0 Å². The van der Waals surface area contributed by atoms with Crippen molar-refractivity contribution in [1.29, 1.82) is 0 Å². The second kappa shape index (κ2) is 6.01. The van der Waals surface area contributed by atoms with Crippen molar-refractivity contribution in [1.82, 2.24) is 5.32 Å². The van der Waals surface area contributed by atoms with Crippen LogP contribution < -0.4 is 5.32 Å². The van der Waals surface area contributed by atoms with E-state index in [1.54, 1.807) is 36.0 Å². The fraction of sp³-hybridized carbons (Fsp3) is 0.235. The first-order chi connectivity index (χ1) is 10.5. The second-order valence-electron chi connectivity index (χ2n) is 5.37. The molecule has 0 spiro atoms. The minimum Gasteiger partial charge on any atom is -0.507 e. The highest BCUT2D eigenvalue weighted by Crippen LogP contribution is 2.36. The van der Waals surface area contributed by atoms with Crippen molar-refractivity contribution < 1.29 is 14.3 Å². The zero-order valence-corrected chi connectivity index (χ0v) is 12.9. The number of carbonyl (C=O) groups is 1. The van der Waals surface area contributed by atoms with Crippen molar-refractivity contribution in [3.8, 4) is 5.75 Å². The number of benzene rings is 2. The largest absolute Gasteiger partial charge is 0.507 e. The van der Waals surface area contributed by atoms with Gasteiger partial charge in [0.2, 0.25) is 0 Å². The number of carbonyl (C=O) groups excluding carboxylic acids is 1. The minimum atomic E-state index is -0.343. The summed E-state index contributed by atoms with van der Waals surface area (Å²) < 4.78 is 13.5. The highest BCUT2D eigenvalue weighted by atomic mass is 32.2. The molecule has 1 aliphatic rings. The van der Waals surface area contributed by atoms with E-state index in [4.69, 9.17) is 0 Å². The molecule has 5 heteroatoms. The molecule has 0 radical (unpaired) electrons. The lowest BCUT2D eigenvalue weighted by Crippen LogP contribution is -2.30. The molecular formula is C17H16FNO2S. The Morgan fingerprint density at radius 1 is 1.32 bits per heavy atom. The predicted molar refractivity (Wildman–Crippen MR) is 84.8 cm³/mol. The standard InChI is InChI=1S/C17H16FNO2S/c1-10-2-4-12(15(20)8-10)17(21)19-14-6-7-22-16-5-3-11(18)9-13(14)16/h2-5,8-9,14,20H,6-7H2,1H3,(H,19,21). The van der Waals surface area contributed by atoms with E-state index in [-0.39, 0.29) is 29.1 Å². The second-order valence-corrected chi connectivity index (χ2v) is 6.50. The van der Waals surface area contributed by atoms with Gasteiger partial charge in [-0.1, -0.05) is 6.07 Å². The molecule has 0 aromatic heterocycles.